The summed E-state index contributed by atoms with van der Waals surface area (Å²) in [6.07, 6.45) is -0.278. The minimum atomic E-state index is -4.70. The van der Waals surface area contributed by atoms with Gasteiger partial charge in [0.25, 0.3) is 0 Å². The van der Waals surface area contributed by atoms with Gasteiger partial charge in [-0.05, 0) is 30.7 Å². The Bertz CT molecular complexity index is 396. The Morgan fingerprint density at radius 2 is 1.74 bits per heavy atom. The van der Waals surface area contributed by atoms with Crippen molar-refractivity contribution in [3.63, 3.8) is 0 Å². The van der Waals surface area contributed by atoms with Gasteiger partial charge in [-0.3, -0.25) is 4.79 Å². The van der Waals surface area contributed by atoms with Gasteiger partial charge in [0.05, 0.1) is 0 Å². The molecule has 0 atom stereocenters. The minimum Gasteiger partial charge on any atom is -0.406 e. The summed E-state index contributed by atoms with van der Waals surface area (Å²) >= 11 is 0. The smallest absolute Gasteiger partial charge is 0.406 e. The lowest BCUT2D eigenvalue weighted by molar-refractivity contribution is -0.274. The zero-order chi connectivity index (χ0) is 14.3. The van der Waals surface area contributed by atoms with Crippen LogP contribution in [0.5, 0.6) is 5.75 Å². The predicted octanol–water partition coefficient (Wildman–Crippen LogP) is 4.74. The monoisotopic (exact) mass is 274 g/mol. The molecular weight excluding hydrogens is 257 g/mol. The first-order valence-electron chi connectivity index (χ1n) is 6.31. The van der Waals surface area contributed by atoms with Gasteiger partial charge < -0.3 is 4.74 Å². The van der Waals surface area contributed by atoms with Crippen molar-refractivity contribution >= 4 is 5.78 Å². The number of hydrogen-bond donors (Lipinski definition) is 0. The first-order valence-corrected chi connectivity index (χ1v) is 6.31. The van der Waals surface area contributed by atoms with E-state index in [9.17, 15) is 18.0 Å². The predicted molar refractivity (Wildman–Crippen MR) is 66.2 cm³/mol. The molecule has 106 valence electrons. The van der Waals surface area contributed by atoms with Gasteiger partial charge in [-0.1, -0.05) is 26.2 Å². The molecule has 0 spiro atoms. The fraction of sp³-hybridized carbons (Fsp3) is 0.500. The summed E-state index contributed by atoms with van der Waals surface area (Å²) in [4.78, 5) is 11.7. The number of carbonyl (C=O) groups is 1. The Labute approximate surface area is 110 Å². The van der Waals surface area contributed by atoms with Crippen LogP contribution in [0, 0.1) is 0 Å². The van der Waals surface area contributed by atoms with Crippen LogP contribution in [-0.2, 0) is 0 Å². The van der Waals surface area contributed by atoms with Crippen LogP contribution >= 0.6 is 0 Å². The molecule has 0 aliphatic rings. The molecule has 0 aliphatic heterocycles. The van der Waals surface area contributed by atoms with Gasteiger partial charge in [0, 0.05) is 12.0 Å². The van der Waals surface area contributed by atoms with Gasteiger partial charge in [-0.25, -0.2) is 0 Å². The first-order chi connectivity index (χ1) is 8.92. The molecule has 0 saturated carbocycles. The van der Waals surface area contributed by atoms with Crippen LogP contribution in [0.15, 0.2) is 24.3 Å². The molecule has 0 heterocycles. The molecule has 0 amide bonds. The average molecular weight is 274 g/mol. The summed E-state index contributed by atoms with van der Waals surface area (Å²) in [6, 6.07) is 5.05. The molecule has 0 saturated heterocycles. The van der Waals surface area contributed by atoms with Crippen LogP contribution in [0.4, 0.5) is 13.2 Å². The second kappa shape index (κ2) is 7.16. The molecule has 2 nitrogen and oxygen atoms in total. The molecule has 0 aromatic heterocycles. The van der Waals surface area contributed by atoms with Crippen LogP contribution in [-0.4, -0.2) is 12.1 Å². The average Bonchev–Trinajstić information content (AvgIpc) is 2.33. The maximum absolute atomic E-state index is 12.0. The molecule has 19 heavy (non-hydrogen) atoms. The van der Waals surface area contributed by atoms with Crippen molar-refractivity contribution in [2.24, 2.45) is 0 Å². The highest BCUT2D eigenvalue weighted by molar-refractivity contribution is 5.96. The lowest BCUT2D eigenvalue weighted by Gasteiger charge is -2.09. The Hall–Kier alpha value is -1.52. The number of ketones is 1. The normalized spacial score (nSPS) is 11.4. The largest absolute Gasteiger partial charge is 0.573 e. The molecule has 1 aromatic rings. The Morgan fingerprint density at radius 1 is 1.11 bits per heavy atom. The van der Waals surface area contributed by atoms with Crippen molar-refractivity contribution in [2.75, 3.05) is 0 Å². The SMILES string of the molecule is CCCCCCC(=O)c1ccc(OC(F)(F)F)cc1. The van der Waals surface area contributed by atoms with E-state index in [1.165, 1.54) is 12.1 Å². The molecule has 5 heteroatoms. The summed E-state index contributed by atoms with van der Waals surface area (Å²) in [5.41, 5.74) is 0.422. The molecule has 0 unspecified atom stereocenters. The maximum Gasteiger partial charge on any atom is 0.573 e. The summed E-state index contributed by atoms with van der Waals surface area (Å²) in [6.45, 7) is 2.08. The van der Waals surface area contributed by atoms with Gasteiger partial charge in [-0.15, -0.1) is 13.2 Å². The highest BCUT2D eigenvalue weighted by atomic mass is 19.4. The number of unbranched alkanes of at least 4 members (excludes halogenated alkanes) is 3. The third-order valence-corrected chi connectivity index (χ3v) is 2.67. The van der Waals surface area contributed by atoms with Crippen LogP contribution in [0.3, 0.4) is 0 Å². The second-order valence-electron chi connectivity index (χ2n) is 4.31. The summed E-state index contributed by atoms with van der Waals surface area (Å²) < 4.78 is 39.6. The van der Waals surface area contributed by atoms with Gasteiger partial charge in [0.1, 0.15) is 5.75 Å². The third kappa shape index (κ3) is 6.27. The van der Waals surface area contributed by atoms with Crippen molar-refractivity contribution in [3.8, 4) is 5.75 Å². The van der Waals surface area contributed by atoms with E-state index in [0.29, 0.717) is 12.0 Å². The van der Waals surface area contributed by atoms with Gasteiger partial charge >= 0.3 is 6.36 Å². The minimum absolute atomic E-state index is 0.0466. The van der Waals surface area contributed by atoms with E-state index in [-0.39, 0.29) is 11.5 Å². The Balaban J connectivity index is 2.49. The van der Waals surface area contributed by atoms with E-state index in [2.05, 4.69) is 11.7 Å². The third-order valence-electron chi connectivity index (χ3n) is 2.67. The summed E-state index contributed by atoms with van der Waals surface area (Å²) in [5, 5.41) is 0. The molecule has 0 radical (unpaired) electrons. The van der Waals surface area contributed by atoms with E-state index in [1.807, 2.05) is 0 Å². The lowest BCUT2D eigenvalue weighted by Crippen LogP contribution is -2.17. The topological polar surface area (TPSA) is 26.3 Å². The number of carbonyl (C=O) groups excluding carboxylic acids is 1. The van der Waals surface area contributed by atoms with Crippen molar-refractivity contribution in [1.29, 1.82) is 0 Å². The number of halogens is 3. The zero-order valence-corrected chi connectivity index (χ0v) is 10.8. The van der Waals surface area contributed by atoms with Crippen LogP contribution in [0.25, 0.3) is 0 Å². The van der Waals surface area contributed by atoms with Crippen molar-refractivity contribution in [2.45, 2.75) is 45.4 Å². The fourth-order valence-corrected chi connectivity index (χ4v) is 1.70. The summed E-state index contributed by atoms with van der Waals surface area (Å²) in [7, 11) is 0. The number of benzene rings is 1. The van der Waals surface area contributed by atoms with Crippen LogP contribution in [0.2, 0.25) is 0 Å². The molecule has 0 N–H and O–H groups in total. The first kappa shape index (κ1) is 15.5. The van der Waals surface area contributed by atoms with Crippen LogP contribution in [0.1, 0.15) is 49.4 Å². The van der Waals surface area contributed by atoms with E-state index in [0.717, 1.165) is 37.8 Å². The highest BCUT2D eigenvalue weighted by Crippen LogP contribution is 2.23. The van der Waals surface area contributed by atoms with Crippen molar-refractivity contribution in [3.05, 3.63) is 29.8 Å². The van der Waals surface area contributed by atoms with Gasteiger partial charge in [0.15, 0.2) is 5.78 Å². The fourth-order valence-electron chi connectivity index (χ4n) is 1.70. The molecule has 0 aliphatic carbocycles. The van der Waals surface area contributed by atoms with Crippen molar-refractivity contribution < 1.29 is 22.7 Å². The second-order valence-corrected chi connectivity index (χ2v) is 4.31. The molecule has 0 bridgehead atoms. The van der Waals surface area contributed by atoms with Crippen molar-refractivity contribution in [1.82, 2.24) is 0 Å². The number of ether oxygens (including phenoxy) is 1. The van der Waals surface area contributed by atoms with E-state index in [1.54, 1.807) is 0 Å². The zero-order valence-electron chi connectivity index (χ0n) is 10.8. The lowest BCUT2D eigenvalue weighted by atomic mass is 10.0. The quantitative estimate of drug-likeness (QED) is 0.530. The van der Waals surface area contributed by atoms with Crippen LogP contribution < -0.4 is 4.74 Å². The highest BCUT2D eigenvalue weighted by Gasteiger charge is 2.30. The standard InChI is InChI=1S/C14H17F3O2/c1-2-3-4-5-6-13(18)11-7-9-12(10-8-11)19-14(15,16)17/h7-10H,2-6H2,1H3. The Kier molecular flexibility index (Phi) is 5.86. The maximum atomic E-state index is 12.0. The number of hydrogen-bond acceptors (Lipinski definition) is 2. The molecule has 0 fully saturated rings. The Morgan fingerprint density at radius 3 is 2.26 bits per heavy atom. The number of Topliss-reactive ketones (excluding diaryl/α,β-unsaturated/α-hetero) is 1. The molecule has 1 rings (SSSR count). The van der Waals surface area contributed by atoms with Gasteiger partial charge in [-0.2, -0.15) is 0 Å². The molecule has 1 aromatic carbocycles. The number of alkyl halides is 3. The van der Waals surface area contributed by atoms with E-state index < -0.39 is 6.36 Å². The molecular formula is C14H17F3O2. The van der Waals surface area contributed by atoms with E-state index in [4.69, 9.17) is 0 Å². The van der Waals surface area contributed by atoms with E-state index >= 15 is 0 Å². The number of rotatable bonds is 7. The summed E-state index contributed by atoms with van der Waals surface area (Å²) in [5.74, 6) is -0.357. The van der Waals surface area contributed by atoms with Gasteiger partial charge in [0.2, 0.25) is 0 Å².